The van der Waals surface area contributed by atoms with E-state index in [0.717, 1.165) is 12.1 Å². The molecule has 2 rings (SSSR count). The summed E-state index contributed by atoms with van der Waals surface area (Å²) in [4.78, 5) is 12.1. The van der Waals surface area contributed by atoms with Gasteiger partial charge in [0.2, 0.25) is 0 Å². The Kier molecular flexibility index (Phi) is 5.59. The van der Waals surface area contributed by atoms with Crippen LogP contribution in [0.15, 0.2) is 28.8 Å². The predicted molar refractivity (Wildman–Crippen MR) is 83.4 cm³/mol. The van der Waals surface area contributed by atoms with Crippen molar-refractivity contribution in [2.45, 2.75) is 26.8 Å². The Labute approximate surface area is 151 Å². The highest BCUT2D eigenvalue weighted by molar-refractivity contribution is 6.55. The first-order chi connectivity index (χ1) is 11.4. The molecule has 1 aromatic carbocycles. The zero-order valence-electron chi connectivity index (χ0n) is 13.2. The smallest absolute Gasteiger partial charge is 0.461 e. The lowest BCUT2D eigenvalue weighted by molar-refractivity contribution is -0.275. The summed E-state index contributed by atoms with van der Waals surface area (Å²) in [6, 6.07) is 2.85. The molecule has 0 radical (unpaired) electrons. The van der Waals surface area contributed by atoms with E-state index in [4.69, 9.17) is 27.9 Å². The fraction of sp³-hybridized carbons (Fsp3) is 0.438. The molecule has 1 saturated carbocycles. The first-order valence-corrected chi connectivity index (χ1v) is 7.91. The third-order valence-corrected chi connectivity index (χ3v) is 4.32. The minimum absolute atomic E-state index is 0.0425. The molecule has 0 saturated heterocycles. The number of carbonyl (C=O) groups excluding carboxylic acids is 1. The van der Waals surface area contributed by atoms with Gasteiger partial charge in [0.1, 0.15) is 11.1 Å². The summed E-state index contributed by atoms with van der Waals surface area (Å²) in [6.45, 7) is 3.36. The Morgan fingerprint density at radius 1 is 1.32 bits per heavy atom. The molecule has 1 aromatic rings. The Bertz CT molecular complexity index is 697. The molecule has 0 N–H and O–H groups in total. The van der Waals surface area contributed by atoms with Gasteiger partial charge in [-0.05, 0) is 35.1 Å². The monoisotopic (exact) mass is 400 g/mol. The van der Waals surface area contributed by atoms with Crippen molar-refractivity contribution < 1.29 is 31.8 Å². The highest BCUT2D eigenvalue weighted by atomic mass is 35.5. The van der Waals surface area contributed by atoms with Gasteiger partial charge in [-0.15, -0.1) is 13.2 Å². The molecule has 25 heavy (non-hydrogen) atoms. The molecule has 2 atom stereocenters. The Balaban J connectivity index is 2.01. The summed E-state index contributed by atoms with van der Waals surface area (Å²) < 4.78 is 58.7. The van der Waals surface area contributed by atoms with Gasteiger partial charge in [0.05, 0.1) is 5.92 Å². The van der Waals surface area contributed by atoms with E-state index in [1.807, 2.05) is 13.8 Å². The second-order valence-corrected chi connectivity index (χ2v) is 7.21. The van der Waals surface area contributed by atoms with Gasteiger partial charge in [0, 0.05) is 0 Å². The lowest BCUT2D eigenvalue weighted by Crippen LogP contribution is -2.18. The SMILES string of the molecule is CC1(C)C(C=C(Cl)Cl)C1C(=O)OCc1ccc(F)c(OC(F)(F)F)c1. The quantitative estimate of drug-likeness (QED) is 0.493. The third kappa shape index (κ3) is 5.01. The number of allylic oxidation sites excluding steroid dienone is 1. The second-order valence-electron chi connectivity index (χ2n) is 6.20. The van der Waals surface area contributed by atoms with Crippen LogP contribution in [0.5, 0.6) is 5.75 Å². The van der Waals surface area contributed by atoms with E-state index < -0.39 is 29.8 Å². The van der Waals surface area contributed by atoms with Crippen LogP contribution in [0.4, 0.5) is 17.6 Å². The van der Waals surface area contributed by atoms with Crippen molar-refractivity contribution in [2.24, 2.45) is 17.3 Å². The summed E-state index contributed by atoms with van der Waals surface area (Å²) in [7, 11) is 0. The van der Waals surface area contributed by atoms with Crippen molar-refractivity contribution in [2.75, 3.05) is 0 Å². The summed E-state index contributed by atoms with van der Waals surface area (Å²) in [5, 5.41) is 0. The fourth-order valence-corrected chi connectivity index (χ4v) is 2.93. The Morgan fingerprint density at radius 3 is 2.52 bits per heavy atom. The van der Waals surface area contributed by atoms with Crippen LogP contribution >= 0.6 is 23.2 Å². The molecule has 1 aliphatic rings. The molecule has 0 aliphatic heterocycles. The van der Waals surface area contributed by atoms with E-state index in [-0.39, 0.29) is 28.0 Å². The van der Waals surface area contributed by atoms with Crippen LogP contribution in [0, 0.1) is 23.1 Å². The van der Waals surface area contributed by atoms with Gasteiger partial charge in [-0.25, -0.2) is 4.39 Å². The molecular weight excluding hydrogens is 387 g/mol. The van der Waals surface area contributed by atoms with E-state index >= 15 is 0 Å². The summed E-state index contributed by atoms with van der Waals surface area (Å²) in [5.74, 6) is -3.35. The highest BCUT2D eigenvalue weighted by Gasteiger charge is 2.61. The van der Waals surface area contributed by atoms with Crippen molar-refractivity contribution >= 4 is 29.2 Å². The van der Waals surface area contributed by atoms with E-state index in [2.05, 4.69) is 4.74 Å². The van der Waals surface area contributed by atoms with Crippen molar-refractivity contribution in [3.63, 3.8) is 0 Å². The van der Waals surface area contributed by atoms with E-state index in [0.29, 0.717) is 0 Å². The van der Waals surface area contributed by atoms with Gasteiger partial charge in [-0.3, -0.25) is 4.79 Å². The third-order valence-electron chi connectivity index (χ3n) is 4.07. The molecule has 138 valence electrons. The predicted octanol–water partition coefficient (Wildman–Crippen LogP) is 5.36. The molecule has 2 unspecified atom stereocenters. The fourth-order valence-electron chi connectivity index (χ4n) is 2.66. The van der Waals surface area contributed by atoms with Crippen molar-refractivity contribution in [3.05, 3.63) is 40.1 Å². The first kappa shape index (κ1) is 19.8. The Morgan fingerprint density at radius 2 is 1.96 bits per heavy atom. The normalized spacial score (nSPS) is 21.4. The van der Waals surface area contributed by atoms with Crippen LogP contribution in [0.2, 0.25) is 0 Å². The zero-order valence-corrected chi connectivity index (χ0v) is 14.7. The number of ether oxygens (including phenoxy) is 2. The minimum Gasteiger partial charge on any atom is -0.461 e. The van der Waals surface area contributed by atoms with Crippen molar-refractivity contribution in [1.29, 1.82) is 0 Å². The highest BCUT2D eigenvalue weighted by Crippen LogP contribution is 2.60. The van der Waals surface area contributed by atoms with Crippen LogP contribution in [0.1, 0.15) is 19.4 Å². The molecule has 3 nitrogen and oxygen atoms in total. The maximum absolute atomic E-state index is 13.3. The lowest BCUT2D eigenvalue weighted by atomic mass is 10.1. The molecule has 0 amide bonds. The summed E-state index contributed by atoms with van der Waals surface area (Å²) >= 11 is 11.2. The number of hydrogen-bond donors (Lipinski definition) is 0. The van der Waals surface area contributed by atoms with Gasteiger partial charge in [0.25, 0.3) is 0 Å². The number of hydrogen-bond acceptors (Lipinski definition) is 3. The standard InChI is InChI=1S/C16H14Cl2F4O3/c1-15(2)9(6-12(17)18)13(15)14(23)24-7-8-3-4-10(19)11(5-8)25-16(20,21)22/h3-6,9,13H,7H2,1-2H3. The molecule has 1 aliphatic carbocycles. The molecule has 0 aromatic heterocycles. The number of halogens is 6. The molecule has 0 heterocycles. The summed E-state index contributed by atoms with van der Waals surface area (Å²) in [5.41, 5.74) is -0.227. The second kappa shape index (κ2) is 7.03. The Hall–Kier alpha value is -1.47. The van der Waals surface area contributed by atoms with Crippen LogP contribution in [-0.2, 0) is 16.1 Å². The maximum atomic E-state index is 13.3. The first-order valence-electron chi connectivity index (χ1n) is 7.15. The number of benzene rings is 1. The topological polar surface area (TPSA) is 35.5 Å². The number of alkyl halides is 3. The largest absolute Gasteiger partial charge is 0.573 e. The molecule has 9 heteroatoms. The van der Waals surface area contributed by atoms with Crippen LogP contribution in [0.3, 0.4) is 0 Å². The molecular formula is C16H14Cl2F4O3. The minimum atomic E-state index is -5.02. The van der Waals surface area contributed by atoms with E-state index in [1.54, 1.807) is 6.08 Å². The van der Waals surface area contributed by atoms with Gasteiger partial charge >= 0.3 is 12.3 Å². The van der Waals surface area contributed by atoms with E-state index in [1.165, 1.54) is 6.07 Å². The summed E-state index contributed by atoms with van der Waals surface area (Å²) in [6.07, 6.45) is -3.48. The van der Waals surface area contributed by atoms with Crippen molar-refractivity contribution in [1.82, 2.24) is 0 Å². The van der Waals surface area contributed by atoms with E-state index in [9.17, 15) is 22.4 Å². The lowest BCUT2D eigenvalue weighted by Gasteiger charge is -2.11. The van der Waals surface area contributed by atoms with Gasteiger partial charge in [-0.2, -0.15) is 0 Å². The molecule has 0 spiro atoms. The van der Waals surface area contributed by atoms with Gasteiger partial charge in [0.15, 0.2) is 11.6 Å². The number of esters is 1. The number of carbonyl (C=O) groups is 1. The van der Waals surface area contributed by atoms with Crippen LogP contribution < -0.4 is 4.74 Å². The molecule has 0 bridgehead atoms. The van der Waals surface area contributed by atoms with Crippen LogP contribution in [0.25, 0.3) is 0 Å². The van der Waals surface area contributed by atoms with Gasteiger partial charge < -0.3 is 9.47 Å². The average Bonchev–Trinajstić information content (AvgIpc) is 2.98. The van der Waals surface area contributed by atoms with Crippen molar-refractivity contribution in [3.8, 4) is 5.75 Å². The zero-order chi connectivity index (χ0) is 19.0. The molecule has 1 fully saturated rings. The van der Waals surface area contributed by atoms with Crippen LogP contribution in [-0.4, -0.2) is 12.3 Å². The average molecular weight is 401 g/mol. The maximum Gasteiger partial charge on any atom is 0.573 e. The number of rotatable bonds is 5. The van der Waals surface area contributed by atoms with Gasteiger partial charge in [-0.1, -0.05) is 43.1 Å².